The summed E-state index contributed by atoms with van der Waals surface area (Å²) >= 11 is 0. The predicted octanol–water partition coefficient (Wildman–Crippen LogP) is 0.462. The molecule has 4 heteroatoms. The van der Waals surface area contributed by atoms with Gasteiger partial charge in [-0.2, -0.15) is 0 Å². The minimum Gasteiger partial charge on any atom is -0.388 e. The average molecular weight is 197 g/mol. The van der Waals surface area contributed by atoms with Gasteiger partial charge in [-0.15, -0.1) is 0 Å². The van der Waals surface area contributed by atoms with E-state index in [4.69, 9.17) is 0 Å². The van der Waals surface area contributed by atoms with Crippen LogP contribution in [-0.2, 0) is 9.59 Å². The molecule has 1 rings (SSSR count). The van der Waals surface area contributed by atoms with Crippen LogP contribution in [0.25, 0.3) is 0 Å². The second-order valence-corrected chi connectivity index (χ2v) is 3.84. The Bertz CT molecular complexity index is 263. The van der Waals surface area contributed by atoms with Crippen molar-refractivity contribution >= 4 is 11.8 Å². The van der Waals surface area contributed by atoms with Crippen molar-refractivity contribution in [1.29, 1.82) is 0 Å². The molecule has 0 aromatic heterocycles. The summed E-state index contributed by atoms with van der Waals surface area (Å²) in [5, 5.41) is 9.84. The van der Waals surface area contributed by atoms with Crippen molar-refractivity contribution in [3.63, 3.8) is 0 Å². The molecule has 0 fully saturated rings. The van der Waals surface area contributed by atoms with Crippen molar-refractivity contribution in [2.24, 2.45) is 0 Å². The Balaban J connectivity index is 2.60. The molecular weight excluding hydrogens is 182 g/mol. The van der Waals surface area contributed by atoms with Crippen LogP contribution >= 0.6 is 0 Å². The Kier molecular flexibility index (Phi) is 3.06. The zero-order valence-corrected chi connectivity index (χ0v) is 8.49. The third-order valence-electron chi connectivity index (χ3n) is 2.19. The molecule has 2 amide bonds. The van der Waals surface area contributed by atoms with E-state index >= 15 is 0 Å². The monoisotopic (exact) mass is 197 g/mol. The number of rotatable bonds is 4. The molecular formula is C10H15NO3. The van der Waals surface area contributed by atoms with Gasteiger partial charge in [-0.25, -0.2) is 0 Å². The Morgan fingerprint density at radius 3 is 2.29 bits per heavy atom. The number of nitrogens with zero attached hydrogens (tertiary/aromatic N) is 1. The normalized spacial score (nSPS) is 20.4. The number of carbonyl (C=O) groups is 2. The second kappa shape index (κ2) is 3.92. The number of hydrogen-bond donors (Lipinski definition) is 1. The van der Waals surface area contributed by atoms with E-state index in [0.29, 0.717) is 6.42 Å². The van der Waals surface area contributed by atoms with Crippen LogP contribution < -0.4 is 0 Å². The lowest BCUT2D eigenvalue weighted by atomic mass is 10.0. The molecule has 0 saturated heterocycles. The highest BCUT2D eigenvalue weighted by Crippen LogP contribution is 2.16. The van der Waals surface area contributed by atoms with E-state index in [9.17, 15) is 14.7 Å². The maximum atomic E-state index is 11.2. The Morgan fingerprint density at radius 1 is 1.36 bits per heavy atom. The van der Waals surface area contributed by atoms with Crippen LogP contribution in [0.5, 0.6) is 0 Å². The van der Waals surface area contributed by atoms with Crippen molar-refractivity contribution in [1.82, 2.24) is 4.90 Å². The SMILES string of the molecule is CCCC(C)(O)CN1C(=O)C=CC1=O. The third-order valence-corrected chi connectivity index (χ3v) is 2.19. The van der Waals surface area contributed by atoms with Gasteiger partial charge in [0.15, 0.2) is 0 Å². The summed E-state index contributed by atoms with van der Waals surface area (Å²) in [7, 11) is 0. The molecule has 1 unspecified atom stereocenters. The van der Waals surface area contributed by atoms with Gasteiger partial charge in [0.2, 0.25) is 0 Å². The standard InChI is InChI=1S/C10H15NO3/c1-3-6-10(2,14)7-11-8(12)4-5-9(11)13/h4-5,14H,3,6-7H2,1-2H3. The molecule has 1 atom stereocenters. The quantitative estimate of drug-likeness (QED) is 0.666. The molecule has 0 aromatic rings. The first-order chi connectivity index (χ1) is 6.46. The summed E-state index contributed by atoms with van der Waals surface area (Å²) in [4.78, 5) is 23.4. The van der Waals surface area contributed by atoms with Crippen LogP contribution in [0, 0.1) is 0 Å². The first kappa shape index (κ1) is 10.9. The fourth-order valence-corrected chi connectivity index (χ4v) is 1.55. The van der Waals surface area contributed by atoms with Gasteiger partial charge >= 0.3 is 0 Å². The summed E-state index contributed by atoms with van der Waals surface area (Å²) in [6, 6.07) is 0. The fraction of sp³-hybridized carbons (Fsp3) is 0.600. The molecule has 0 aliphatic carbocycles. The van der Waals surface area contributed by atoms with E-state index in [0.717, 1.165) is 11.3 Å². The number of β-amino-alcohol motifs (C(OH)–C–C–N with tert-alkyl or cyclic N) is 1. The van der Waals surface area contributed by atoms with Crippen molar-refractivity contribution in [3.8, 4) is 0 Å². The minimum absolute atomic E-state index is 0.0749. The Morgan fingerprint density at radius 2 is 1.86 bits per heavy atom. The molecule has 14 heavy (non-hydrogen) atoms. The van der Waals surface area contributed by atoms with Crippen molar-refractivity contribution in [2.75, 3.05) is 6.54 Å². The molecule has 0 bridgehead atoms. The smallest absolute Gasteiger partial charge is 0.253 e. The summed E-state index contributed by atoms with van der Waals surface area (Å²) in [6.07, 6.45) is 3.84. The fourth-order valence-electron chi connectivity index (χ4n) is 1.55. The van der Waals surface area contributed by atoms with Crippen LogP contribution in [0.4, 0.5) is 0 Å². The molecule has 0 spiro atoms. The highest BCUT2D eigenvalue weighted by Gasteiger charge is 2.31. The van der Waals surface area contributed by atoms with E-state index in [-0.39, 0.29) is 18.4 Å². The maximum Gasteiger partial charge on any atom is 0.253 e. The average Bonchev–Trinajstić information content (AvgIpc) is 2.35. The lowest BCUT2D eigenvalue weighted by molar-refractivity contribution is -0.140. The molecule has 1 aliphatic rings. The van der Waals surface area contributed by atoms with Gasteiger partial charge in [0.05, 0.1) is 12.1 Å². The predicted molar refractivity (Wildman–Crippen MR) is 51.4 cm³/mol. The van der Waals surface area contributed by atoms with Crippen LogP contribution in [0.3, 0.4) is 0 Å². The molecule has 1 N–H and O–H groups in total. The molecule has 0 radical (unpaired) electrons. The van der Waals surface area contributed by atoms with Gasteiger partial charge in [-0.3, -0.25) is 14.5 Å². The van der Waals surface area contributed by atoms with Crippen LogP contribution in [-0.4, -0.2) is 34.0 Å². The topological polar surface area (TPSA) is 57.6 Å². The van der Waals surface area contributed by atoms with Gasteiger partial charge in [0.25, 0.3) is 11.8 Å². The Labute approximate surface area is 83.2 Å². The van der Waals surface area contributed by atoms with Crippen molar-refractivity contribution in [2.45, 2.75) is 32.3 Å². The minimum atomic E-state index is -0.980. The zero-order valence-electron chi connectivity index (χ0n) is 8.49. The Hall–Kier alpha value is -1.16. The van der Waals surface area contributed by atoms with Gasteiger partial charge in [0, 0.05) is 12.2 Å². The summed E-state index contributed by atoms with van der Waals surface area (Å²) in [5.41, 5.74) is -0.980. The number of amides is 2. The van der Waals surface area contributed by atoms with Crippen LogP contribution in [0.2, 0.25) is 0 Å². The number of hydrogen-bond acceptors (Lipinski definition) is 3. The summed E-state index contributed by atoms with van der Waals surface area (Å²) in [5.74, 6) is -0.683. The second-order valence-electron chi connectivity index (χ2n) is 3.84. The van der Waals surface area contributed by atoms with E-state index in [1.54, 1.807) is 6.92 Å². The largest absolute Gasteiger partial charge is 0.388 e. The van der Waals surface area contributed by atoms with Crippen molar-refractivity contribution < 1.29 is 14.7 Å². The van der Waals surface area contributed by atoms with E-state index in [2.05, 4.69) is 0 Å². The molecule has 4 nitrogen and oxygen atoms in total. The molecule has 78 valence electrons. The third kappa shape index (κ3) is 2.42. The first-order valence-corrected chi connectivity index (χ1v) is 4.72. The maximum absolute atomic E-state index is 11.2. The van der Waals surface area contributed by atoms with Gasteiger partial charge in [-0.1, -0.05) is 13.3 Å². The molecule has 1 heterocycles. The van der Waals surface area contributed by atoms with Crippen LogP contribution in [0.1, 0.15) is 26.7 Å². The summed E-state index contributed by atoms with van der Waals surface area (Å²) in [6.45, 7) is 3.65. The highest BCUT2D eigenvalue weighted by molar-refractivity contribution is 6.12. The van der Waals surface area contributed by atoms with E-state index < -0.39 is 5.60 Å². The molecule has 0 saturated carbocycles. The molecule has 0 aromatic carbocycles. The lowest BCUT2D eigenvalue weighted by Crippen LogP contribution is -2.43. The van der Waals surface area contributed by atoms with Crippen LogP contribution in [0.15, 0.2) is 12.2 Å². The van der Waals surface area contributed by atoms with E-state index in [1.807, 2.05) is 6.92 Å². The van der Waals surface area contributed by atoms with E-state index in [1.165, 1.54) is 12.2 Å². The highest BCUT2D eigenvalue weighted by atomic mass is 16.3. The lowest BCUT2D eigenvalue weighted by Gasteiger charge is -2.27. The van der Waals surface area contributed by atoms with Crippen molar-refractivity contribution in [3.05, 3.63) is 12.2 Å². The molecule has 1 aliphatic heterocycles. The van der Waals surface area contributed by atoms with Gasteiger partial charge in [-0.05, 0) is 13.3 Å². The number of imide groups is 1. The first-order valence-electron chi connectivity index (χ1n) is 4.72. The summed E-state index contributed by atoms with van der Waals surface area (Å²) < 4.78 is 0. The number of aliphatic hydroxyl groups is 1. The zero-order chi connectivity index (χ0) is 10.8. The number of carbonyl (C=O) groups excluding carboxylic acids is 2. The van der Waals surface area contributed by atoms with Gasteiger partial charge < -0.3 is 5.11 Å². The van der Waals surface area contributed by atoms with Gasteiger partial charge in [0.1, 0.15) is 0 Å².